The van der Waals surface area contributed by atoms with E-state index in [0.29, 0.717) is 80.9 Å². The fourth-order valence-corrected chi connectivity index (χ4v) is 16.4. The third-order valence-corrected chi connectivity index (χ3v) is 22.0. The SMILES string of the molecule is CC(=O)O[C@H]1C(=O)[C@@]2(C)C(C(OC(=O)c3ccccc3)[C@]3(O)C[C@H](OC(=O)[C@H](O)[C@@H](NC(=O)c4ccccc4)c4ccccc4)C(C)=C1C3(C)C)[C@]1(OC(C)=O)CO[C@@H]1C[C@@H]2OCOC(=O)CN(CCOC(=O)CCCc1ccc(N(CCCl)CCCl)cc1)CCOC(=O)CCCc1ccc(N(CCCl)CCCl)cc1. The van der Waals surface area contributed by atoms with Gasteiger partial charge in [0.15, 0.2) is 30.4 Å². The average Bonchev–Trinajstić information content (AvgIpc) is 0.667. The summed E-state index contributed by atoms with van der Waals surface area (Å²) in [5, 5.41) is 29.2. The van der Waals surface area contributed by atoms with E-state index in [1.165, 1.54) is 39.8 Å². The van der Waals surface area contributed by atoms with Crippen LogP contribution in [0, 0.1) is 16.7 Å². The van der Waals surface area contributed by atoms with E-state index >= 15 is 4.79 Å². The number of anilines is 2. The zero-order valence-electron chi connectivity index (χ0n) is 62.8. The van der Waals surface area contributed by atoms with Crippen LogP contribution in [0.4, 0.5) is 11.4 Å². The van der Waals surface area contributed by atoms with Crippen LogP contribution in [0.15, 0.2) is 151 Å². The molecule has 0 aromatic heterocycles. The molecule has 4 aliphatic rings. The second kappa shape index (κ2) is 39.8. The van der Waals surface area contributed by atoms with Gasteiger partial charge in [-0.05, 0) is 116 Å². The Kier molecular flexibility index (Phi) is 31.1. The van der Waals surface area contributed by atoms with Gasteiger partial charge in [0.05, 0.1) is 42.2 Å². The molecule has 0 spiro atoms. The highest BCUT2D eigenvalue weighted by Crippen LogP contribution is 2.65. The van der Waals surface area contributed by atoms with Gasteiger partial charge in [0, 0.05) is 125 Å². The number of esters is 7. The number of amides is 1. The van der Waals surface area contributed by atoms with Gasteiger partial charge in [-0.3, -0.25) is 38.5 Å². The van der Waals surface area contributed by atoms with Crippen LogP contribution in [0.2, 0.25) is 0 Å². The van der Waals surface area contributed by atoms with Crippen LogP contribution in [0.5, 0.6) is 0 Å². The topological polar surface area (TPSA) is 299 Å². The summed E-state index contributed by atoms with van der Waals surface area (Å²) >= 11 is 24.1. The molecular formula is C82H98Cl4N4O20. The number of carbonyl (C=O) groups is 9. The van der Waals surface area contributed by atoms with Gasteiger partial charge in [-0.25, -0.2) is 9.59 Å². The highest BCUT2D eigenvalue weighted by atomic mass is 35.5. The predicted octanol–water partition coefficient (Wildman–Crippen LogP) is 10.3. The number of rotatable bonds is 39. The summed E-state index contributed by atoms with van der Waals surface area (Å²) in [6, 6.07) is 38.5. The molecule has 3 fully saturated rings. The molecule has 3 N–H and O–H groups in total. The van der Waals surface area contributed by atoms with Crippen molar-refractivity contribution >= 4 is 111 Å². The fraction of sp³-hybridized carbons (Fsp3) is 0.500. The summed E-state index contributed by atoms with van der Waals surface area (Å²) in [5.41, 5.74) is -4.02. The fourth-order valence-electron chi connectivity index (χ4n) is 15.6. The number of ether oxygens (including phenoxy) is 9. The Balaban J connectivity index is 0.974. The monoisotopic (exact) mass is 1600 g/mol. The number of benzene rings is 5. The zero-order valence-corrected chi connectivity index (χ0v) is 65.8. The maximum Gasteiger partial charge on any atom is 0.338 e. The highest BCUT2D eigenvalue weighted by Gasteiger charge is 2.79. The minimum Gasteiger partial charge on any atom is -0.464 e. The Morgan fingerprint density at radius 1 is 0.627 bits per heavy atom. The van der Waals surface area contributed by atoms with E-state index in [1.54, 1.807) is 83.8 Å². The molecule has 24 nitrogen and oxygen atoms in total. The number of aliphatic hydroxyl groups excluding tert-OH is 1. The van der Waals surface area contributed by atoms with Crippen molar-refractivity contribution in [3.8, 4) is 0 Å². The molecule has 5 aromatic carbocycles. The number of aryl methyl sites for hydroxylation is 2. The second-order valence-electron chi connectivity index (χ2n) is 28.6. The largest absolute Gasteiger partial charge is 0.464 e. The van der Waals surface area contributed by atoms with Crippen molar-refractivity contribution in [1.29, 1.82) is 0 Å². The highest BCUT2D eigenvalue weighted by molar-refractivity contribution is 6.19. The van der Waals surface area contributed by atoms with Crippen molar-refractivity contribution in [2.75, 3.05) is 106 Å². The predicted molar refractivity (Wildman–Crippen MR) is 412 cm³/mol. The van der Waals surface area contributed by atoms with Gasteiger partial charge in [-0.15, -0.1) is 46.4 Å². The molecule has 1 amide bonds. The van der Waals surface area contributed by atoms with Crippen LogP contribution in [-0.2, 0) is 89.0 Å². The molecule has 2 saturated carbocycles. The van der Waals surface area contributed by atoms with Gasteiger partial charge < -0.3 is 68.0 Å². The van der Waals surface area contributed by atoms with E-state index in [9.17, 15) is 48.6 Å². The molecule has 3 aliphatic carbocycles. The first kappa shape index (κ1) is 85.8. The maximum absolute atomic E-state index is 16.7. The summed E-state index contributed by atoms with van der Waals surface area (Å²) < 4.78 is 55.4. The number of aliphatic hydroxyl groups is 2. The molecule has 2 unspecified atom stereocenters. The van der Waals surface area contributed by atoms with E-state index in [1.807, 2.05) is 48.5 Å². The molecule has 11 atom stereocenters. The molecule has 0 radical (unpaired) electrons. The average molecular weight is 1600 g/mol. The molecule has 1 heterocycles. The number of hydrogen-bond donors (Lipinski definition) is 3. The van der Waals surface area contributed by atoms with Crippen LogP contribution >= 0.6 is 46.4 Å². The Bertz CT molecular complexity index is 3900. The van der Waals surface area contributed by atoms with E-state index in [0.717, 1.165) is 36.3 Å². The van der Waals surface area contributed by atoms with Gasteiger partial charge >= 0.3 is 41.8 Å². The van der Waals surface area contributed by atoms with Gasteiger partial charge in [-0.2, -0.15) is 0 Å². The number of hydrogen-bond acceptors (Lipinski definition) is 23. The lowest BCUT2D eigenvalue weighted by Crippen LogP contribution is -2.82. The summed E-state index contributed by atoms with van der Waals surface area (Å²) in [6.45, 7) is 8.62. The molecule has 28 heteroatoms. The Labute approximate surface area is 661 Å². The van der Waals surface area contributed by atoms with E-state index in [4.69, 9.17) is 89.0 Å². The second-order valence-corrected chi connectivity index (χ2v) is 30.1. The number of halogens is 4. The Hall–Kier alpha value is -8.17. The van der Waals surface area contributed by atoms with Gasteiger partial charge in [0.1, 0.15) is 37.1 Å². The number of fused-ring (bicyclic) bond motifs is 5. The molecule has 5 aromatic rings. The maximum atomic E-state index is 16.7. The summed E-state index contributed by atoms with van der Waals surface area (Å²) in [7, 11) is 0. The van der Waals surface area contributed by atoms with Crippen LogP contribution in [0.3, 0.4) is 0 Å². The number of carbonyl (C=O) groups excluding carboxylic acids is 9. The van der Waals surface area contributed by atoms with Crippen molar-refractivity contribution in [2.45, 2.75) is 147 Å². The number of ketones is 1. The first-order valence-corrected chi connectivity index (χ1v) is 39.1. The van der Waals surface area contributed by atoms with E-state index in [2.05, 4.69) is 15.1 Å². The zero-order chi connectivity index (χ0) is 79.3. The van der Waals surface area contributed by atoms with E-state index < -0.39 is 150 Å². The third-order valence-electron chi connectivity index (χ3n) is 21.3. The van der Waals surface area contributed by atoms with Crippen molar-refractivity contribution in [1.82, 2.24) is 10.2 Å². The summed E-state index contributed by atoms with van der Waals surface area (Å²) in [5.74, 6) is -7.49. The van der Waals surface area contributed by atoms with Crippen LogP contribution < -0.4 is 15.1 Å². The van der Waals surface area contributed by atoms with Crippen molar-refractivity contribution in [2.24, 2.45) is 16.7 Å². The van der Waals surface area contributed by atoms with Gasteiger partial charge in [-0.1, -0.05) is 105 Å². The molecular weight excluding hydrogens is 1500 g/mol. The van der Waals surface area contributed by atoms with Gasteiger partial charge in [0.25, 0.3) is 5.91 Å². The Morgan fingerprint density at radius 2 is 1.14 bits per heavy atom. The van der Waals surface area contributed by atoms with Gasteiger partial charge in [0.2, 0.25) is 0 Å². The minimum absolute atomic E-state index is 0.00432. The molecule has 2 bridgehead atoms. The lowest BCUT2D eigenvalue weighted by molar-refractivity contribution is -0.351. The first-order valence-electron chi connectivity index (χ1n) is 37.0. The molecule has 9 rings (SSSR count). The number of Topliss-reactive ketones (excluding diaryl/α,β-unsaturated/α-hetero) is 1. The normalized spacial score (nSPS) is 22.9. The molecule has 594 valence electrons. The lowest BCUT2D eigenvalue weighted by Gasteiger charge is -2.67. The number of nitrogens with one attached hydrogen (secondary N) is 1. The van der Waals surface area contributed by atoms with Crippen molar-refractivity contribution in [3.05, 3.63) is 178 Å². The Morgan fingerprint density at radius 3 is 1.62 bits per heavy atom. The quantitative estimate of drug-likeness (QED) is 0.0108. The van der Waals surface area contributed by atoms with E-state index in [-0.39, 0.29) is 67.8 Å². The van der Waals surface area contributed by atoms with Crippen LogP contribution in [0.1, 0.15) is 124 Å². The lowest BCUT2D eigenvalue weighted by atomic mass is 9.44. The van der Waals surface area contributed by atoms with Crippen LogP contribution in [-0.4, -0.2) is 212 Å². The standard InChI is InChI=1S/C82H98Cl4N4O20/c1-53-63(108-78(100)71(96)70(58-20-10-7-11-21-58)87-76(98)59-22-12-8-13-23-59)49-82(101)75(109-77(99)60-24-14-9-15-25-60)73-80(6,74(97)72(107-54(2)91)69(53)79(82,4)5)64(48-65-81(73,51-104-65)110-55(3)92)105-52-106-68(95)50-88(44-46-102-66(93)26-16-18-56-28-32-61(33-29-56)89(40-36-83)41-37-84)45-47-103-67(94)27-17-19-57-30-34-62(35-31-57)90(42-38-85)43-39-86/h7-15,20-25,28-35,63-65,70-73,75,96,101H,16-19,26-27,36-52H2,1-6H3,(H,87,98)/t63-,64-,65+,70-,71+,72+,73?,75?,80+,81-,82+/m0/s1. The first-order chi connectivity index (χ1) is 52.7. The molecule has 1 aliphatic heterocycles. The smallest absolute Gasteiger partial charge is 0.338 e. The van der Waals surface area contributed by atoms with Crippen molar-refractivity contribution < 1.29 is 96.0 Å². The summed E-state index contributed by atoms with van der Waals surface area (Å²) in [4.78, 5) is 134. The third kappa shape index (κ3) is 20.7. The molecule has 110 heavy (non-hydrogen) atoms. The number of alkyl halides is 4. The van der Waals surface area contributed by atoms with Crippen molar-refractivity contribution in [3.63, 3.8) is 0 Å². The minimum atomic E-state index is -2.56. The molecule has 1 saturated heterocycles. The number of nitrogens with zero attached hydrogens (tertiary/aromatic N) is 3. The van der Waals surface area contributed by atoms with Crippen LogP contribution in [0.25, 0.3) is 0 Å². The summed E-state index contributed by atoms with van der Waals surface area (Å²) in [6.07, 6.45) is -8.98.